The highest BCUT2D eigenvalue weighted by Gasteiger charge is 2.21. The van der Waals surface area contributed by atoms with Crippen LogP contribution in [-0.2, 0) is 4.74 Å². The average molecular weight is 328 g/mol. The largest absolute Gasteiger partial charge is 0.397 e. The lowest BCUT2D eigenvalue weighted by Crippen LogP contribution is -2.17. The molecule has 4 N–H and O–H groups in total. The number of aliphatic hydroxyl groups excluding tert-OH is 1. The number of hydrogen-bond acceptors (Lipinski definition) is 6. The van der Waals surface area contributed by atoms with Gasteiger partial charge in [0.1, 0.15) is 5.82 Å². The Morgan fingerprint density at radius 2 is 2.12 bits per heavy atom. The third-order valence-electron chi connectivity index (χ3n) is 4.37. The molecule has 6 heteroatoms. The van der Waals surface area contributed by atoms with Crippen molar-refractivity contribution in [3.05, 3.63) is 35.8 Å². The van der Waals surface area contributed by atoms with Crippen molar-refractivity contribution < 1.29 is 9.84 Å². The van der Waals surface area contributed by atoms with Gasteiger partial charge in [-0.2, -0.15) is 0 Å². The standard InChI is InChI=1S/C18H24N4O2/c1-12-15(14-2-5-20-17(10-14)21-6-7-23)11-16(19)18(22-12)13-3-8-24-9-4-13/h2,5,10-11,13,23H,3-4,6-9,19H2,1H3,(H,20,21). The Hall–Kier alpha value is -2.18. The Bertz CT molecular complexity index is 699. The number of aliphatic hydroxyl groups is 1. The van der Waals surface area contributed by atoms with E-state index in [0.29, 0.717) is 12.5 Å². The molecule has 0 radical (unpaired) electrons. The summed E-state index contributed by atoms with van der Waals surface area (Å²) < 4.78 is 5.43. The first-order valence-corrected chi connectivity index (χ1v) is 8.35. The summed E-state index contributed by atoms with van der Waals surface area (Å²) in [6, 6.07) is 5.91. The highest BCUT2D eigenvalue weighted by molar-refractivity contribution is 5.72. The van der Waals surface area contributed by atoms with Gasteiger partial charge in [-0.05, 0) is 43.5 Å². The van der Waals surface area contributed by atoms with Crippen LogP contribution in [0.5, 0.6) is 0 Å². The maximum atomic E-state index is 8.92. The zero-order valence-electron chi connectivity index (χ0n) is 14.0. The van der Waals surface area contributed by atoms with Crippen molar-refractivity contribution >= 4 is 11.5 Å². The van der Waals surface area contributed by atoms with Crippen molar-refractivity contribution in [1.82, 2.24) is 9.97 Å². The number of nitrogens with two attached hydrogens (primary N) is 1. The first-order valence-electron chi connectivity index (χ1n) is 8.35. The van der Waals surface area contributed by atoms with E-state index in [2.05, 4.69) is 10.3 Å². The van der Waals surface area contributed by atoms with Crippen LogP contribution in [0.1, 0.15) is 30.1 Å². The Morgan fingerprint density at radius 1 is 1.33 bits per heavy atom. The summed E-state index contributed by atoms with van der Waals surface area (Å²) >= 11 is 0. The molecular formula is C18H24N4O2. The van der Waals surface area contributed by atoms with Gasteiger partial charge in [-0.15, -0.1) is 0 Å². The molecule has 3 rings (SSSR count). The van der Waals surface area contributed by atoms with Gasteiger partial charge in [-0.3, -0.25) is 4.98 Å². The normalized spacial score (nSPS) is 15.4. The van der Waals surface area contributed by atoms with Crippen LogP contribution in [0.15, 0.2) is 24.4 Å². The van der Waals surface area contributed by atoms with Gasteiger partial charge >= 0.3 is 0 Å². The zero-order chi connectivity index (χ0) is 16.9. The fourth-order valence-electron chi connectivity index (χ4n) is 3.11. The predicted molar refractivity (Wildman–Crippen MR) is 95.0 cm³/mol. The molecule has 24 heavy (non-hydrogen) atoms. The second kappa shape index (κ2) is 7.59. The van der Waals surface area contributed by atoms with Crippen LogP contribution < -0.4 is 11.1 Å². The van der Waals surface area contributed by atoms with Crippen LogP contribution >= 0.6 is 0 Å². The summed E-state index contributed by atoms with van der Waals surface area (Å²) in [6.45, 7) is 4.10. The molecule has 0 spiro atoms. The van der Waals surface area contributed by atoms with Crippen LogP contribution in [0, 0.1) is 6.92 Å². The van der Waals surface area contributed by atoms with Crippen LogP contribution in [-0.4, -0.2) is 41.4 Å². The maximum Gasteiger partial charge on any atom is 0.126 e. The number of nitrogen functional groups attached to an aromatic ring is 1. The van der Waals surface area contributed by atoms with E-state index in [0.717, 1.165) is 60.1 Å². The van der Waals surface area contributed by atoms with Gasteiger partial charge in [0.2, 0.25) is 0 Å². The van der Waals surface area contributed by atoms with E-state index in [9.17, 15) is 0 Å². The third-order valence-corrected chi connectivity index (χ3v) is 4.37. The molecule has 0 aromatic carbocycles. The summed E-state index contributed by atoms with van der Waals surface area (Å²) in [5.41, 5.74) is 11.0. The van der Waals surface area contributed by atoms with Gasteiger partial charge in [0, 0.05) is 43.1 Å². The first kappa shape index (κ1) is 16.7. The Morgan fingerprint density at radius 3 is 2.88 bits per heavy atom. The Labute approximate surface area is 142 Å². The molecule has 0 bridgehead atoms. The van der Waals surface area contributed by atoms with Crippen molar-refractivity contribution in [3.8, 4) is 11.1 Å². The van der Waals surface area contributed by atoms with E-state index in [1.54, 1.807) is 6.20 Å². The molecule has 128 valence electrons. The van der Waals surface area contributed by atoms with Crippen molar-refractivity contribution in [2.75, 3.05) is 37.4 Å². The molecule has 1 aliphatic rings. The second-order valence-corrected chi connectivity index (χ2v) is 6.06. The van der Waals surface area contributed by atoms with Gasteiger partial charge in [-0.1, -0.05) is 0 Å². The number of anilines is 2. The predicted octanol–water partition coefficient (Wildman–Crippen LogP) is 2.33. The molecular weight excluding hydrogens is 304 g/mol. The summed E-state index contributed by atoms with van der Waals surface area (Å²) in [5.74, 6) is 1.11. The Kier molecular flexibility index (Phi) is 5.27. The van der Waals surface area contributed by atoms with E-state index in [-0.39, 0.29) is 6.61 Å². The quantitative estimate of drug-likeness (QED) is 0.780. The van der Waals surface area contributed by atoms with Crippen molar-refractivity contribution in [3.63, 3.8) is 0 Å². The number of ether oxygens (including phenoxy) is 1. The minimum Gasteiger partial charge on any atom is -0.397 e. The molecule has 0 atom stereocenters. The van der Waals surface area contributed by atoms with Crippen LogP contribution in [0.25, 0.3) is 11.1 Å². The number of aryl methyl sites for hydroxylation is 1. The molecule has 0 saturated carbocycles. The van der Waals surface area contributed by atoms with Crippen LogP contribution in [0.3, 0.4) is 0 Å². The molecule has 3 heterocycles. The fourth-order valence-corrected chi connectivity index (χ4v) is 3.11. The Balaban J connectivity index is 1.90. The van der Waals surface area contributed by atoms with E-state index in [1.165, 1.54) is 0 Å². The minimum absolute atomic E-state index is 0.0687. The van der Waals surface area contributed by atoms with Crippen LogP contribution in [0.4, 0.5) is 11.5 Å². The monoisotopic (exact) mass is 328 g/mol. The van der Waals surface area contributed by atoms with E-state index < -0.39 is 0 Å². The first-order chi connectivity index (χ1) is 11.7. The summed E-state index contributed by atoms with van der Waals surface area (Å²) in [7, 11) is 0. The van der Waals surface area contributed by atoms with Gasteiger partial charge in [-0.25, -0.2) is 4.98 Å². The number of pyridine rings is 2. The van der Waals surface area contributed by atoms with Crippen molar-refractivity contribution in [1.29, 1.82) is 0 Å². The summed E-state index contributed by atoms with van der Waals surface area (Å²) in [5, 5.41) is 12.0. The maximum absolute atomic E-state index is 8.92. The molecule has 0 unspecified atom stereocenters. The lowest BCUT2D eigenvalue weighted by Gasteiger charge is -2.23. The zero-order valence-corrected chi connectivity index (χ0v) is 14.0. The lowest BCUT2D eigenvalue weighted by molar-refractivity contribution is 0.0846. The van der Waals surface area contributed by atoms with Gasteiger partial charge in [0.15, 0.2) is 0 Å². The number of nitrogens with zero attached hydrogens (tertiary/aromatic N) is 2. The molecule has 0 aliphatic carbocycles. The molecule has 2 aromatic heterocycles. The SMILES string of the molecule is Cc1nc(C2CCOCC2)c(N)cc1-c1ccnc(NCCO)c1. The molecule has 1 aliphatic heterocycles. The van der Waals surface area contributed by atoms with Gasteiger partial charge in [0.25, 0.3) is 0 Å². The average Bonchev–Trinajstić information content (AvgIpc) is 2.62. The molecule has 2 aromatic rings. The van der Waals surface area contributed by atoms with Crippen molar-refractivity contribution in [2.24, 2.45) is 0 Å². The molecule has 1 saturated heterocycles. The van der Waals surface area contributed by atoms with E-state index in [4.69, 9.17) is 20.6 Å². The topological polar surface area (TPSA) is 93.3 Å². The van der Waals surface area contributed by atoms with Gasteiger partial charge in [0.05, 0.1) is 18.0 Å². The number of hydrogen-bond donors (Lipinski definition) is 3. The molecule has 0 amide bonds. The van der Waals surface area contributed by atoms with Crippen LogP contribution in [0.2, 0.25) is 0 Å². The molecule has 1 fully saturated rings. The van der Waals surface area contributed by atoms with E-state index in [1.807, 2.05) is 25.1 Å². The second-order valence-electron chi connectivity index (χ2n) is 6.06. The summed E-state index contributed by atoms with van der Waals surface area (Å²) in [4.78, 5) is 9.06. The van der Waals surface area contributed by atoms with E-state index >= 15 is 0 Å². The third kappa shape index (κ3) is 3.66. The highest BCUT2D eigenvalue weighted by Crippen LogP contribution is 2.33. The van der Waals surface area contributed by atoms with Gasteiger partial charge < -0.3 is 20.9 Å². The number of aromatic nitrogens is 2. The molecule has 6 nitrogen and oxygen atoms in total. The number of nitrogens with one attached hydrogen (secondary N) is 1. The smallest absolute Gasteiger partial charge is 0.126 e. The summed E-state index contributed by atoms with van der Waals surface area (Å²) in [6.07, 6.45) is 3.69. The lowest BCUT2D eigenvalue weighted by atomic mass is 9.93. The number of rotatable bonds is 5. The minimum atomic E-state index is 0.0687. The van der Waals surface area contributed by atoms with Crippen molar-refractivity contribution in [2.45, 2.75) is 25.7 Å². The fraction of sp³-hybridized carbons (Fsp3) is 0.444. The highest BCUT2D eigenvalue weighted by atomic mass is 16.5.